The molecule has 2 aromatic rings. The topological polar surface area (TPSA) is 86.6 Å². The highest BCUT2D eigenvalue weighted by Gasteiger charge is 2.23. The highest BCUT2D eigenvalue weighted by molar-refractivity contribution is 7.16. The van der Waals surface area contributed by atoms with Gasteiger partial charge in [-0.2, -0.15) is 0 Å². The summed E-state index contributed by atoms with van der Waals surface area (Å²) >= 11 is 7.57. The molecule has 34 heavy (non-hydrogen) atoms. The highest BCUT2D eigenvalue weighted by Crippen LogP contribution is 2.27. The number of carbonyl (C=O) groups is 2. The molecule has 1 aromatic carbocycles. The molecule has 2 rings (SSSR count). The van der Waals surface area contributed by atoms with Gasteiger partial charge in [0.2, 0.25) is 0 Å². The number of hydrogen-bond donors (Lipinski definition) is 1. The predicted octanol–water partition coefficient (Wildman–Crippen LogP) is 4.57. The first-order valence-electron chi connectivity index (χ1n) is 10.6. The van der Waals surface area contributed by atoms with Crippen molar-refractivity contribution in [2.45, 2.75) is 25.9 Å². The maximum atomic E-state index is 11.9. The molecule has 0 radical (unpaired) electrons. The van der Waals surface area contributed by atoms with Crippen LogP contribution in [0.2, 0.25) is 4.34 Å². The fraction of sp³-hybridized carbons (Fsp3) is 0.333. The molecule has 8 nitrogen and oxygen atoms in total. The third kappa shape index (κ3) is 7.16. The average Bonchev–Trinajstić information content (AvgIpc) is 3.25. The minimum absolute atomic E-state index is 0.254. The van der Waals surface area contributed by atoms with E-state index >= 15 is 0 Å². The van der Waals surface area contributed by atoms with Gasteiger partial charge in [-0.3, -0.25) is 9.79 Å². The first-order valence-corrected chi connectivity index (χ1v) is 11.8. The van der Waals surface area contributed by atoms with Crippen LogP contribution < -0.4 is 10.1 Å². The molecule has 0 unspecified atom stereocenters. The fourth-order valence-corrected chi connectivity index (χ4v) is 4.31. The first kappa shape index (κ1) is 27.1. The second kappa shape index (κ2) is 13.5. The summed E-state index contributed by atoms with van der Waals surface area (Å²) in [6.45, 7) is 6.43. The van der Waals surface area contributed by atoms with E-state index in [1.165, 1.54) is 11.3 Å². The molecule has 182 valence electrons. The van der Waals surface area contributed by atoms with E-state index < -0.39 is 0 Å². The van der Waals surface area contributed by atoms with Gasteiger partial charge < -0.3 is 24.6 Å². The van der Waals surface area contributed by atoms with Gasteiger partial charge in [-0.15, -0.1) is 11.3 Å². The van der Waals surface area contributed by atoms with Crippen LogP contribution in [0.15, 0.2) is 51.8 Å². The number of carbonyl (C=O) groups excluding carboxylic acids is 2. The Morgan fingerprint density at radius 3 is 2.59 bits per heavy atom. The molecule has 0 amide bonds. The Labute approximate surface area is 209 Å². The van der Waals surface area contributed by atoms with Crippen LogP contribution in [0.4, 0.5) is 5.69 Å². The van der Waals surface area contributed by atoms with Crippen LogP contribution >= 0.6 is 22.9 Å². The summed E-state index contributed by atoms with van der Waals surface area (Å²) in [5.74, 6) is 1.10. The van der Waals surface area contributed by atoms with E-state index in [4.69, 9.17) is 16.3 Å². The molecular formula is C24H30ClN5O3S. The summed E-state index contributed by atoms with van der Waals surface area (Å²) in [7, 11) is 5.30. The number of allylic oxidation sites excluding steroid dienone is 1. The Hall–Kier alpha value is -3.17. The van der Waals surface area contributed by atoms with Crippen molar-refractivity contribution in [3.8, 4) is 5.75 Å². The zero-order chi connectivity index (χ0) is 25.1. The monoisotopic (exact) mass is 503 g/mol. The first-order chi connectivity index (χ1) is 16.4. The molecule has 1 heterocycles. The molecule has 0 saturated heterocycles. The van der Waals surface area contributed by atoms with Crippen molar-refractivity contribution in [3.05, 3.63) is 56.6 Å². The van der Waals surface area contributed by atoms with Crippen LogP contribution in [0.3, 0.4) is 0 Å². The van der Waals surface area contributed by atoms with Gasteiger partial charge in [0, 0.05) is 24.5 Å². The standard InChI is InChI=1S/C24H30ClN5O3S/c1-6-18(15-32)30(13-19-8-10-23(25)34-19)24(26-2)21(29(3)4)12-27-16-28-20-9-7-17(14-31)11-22(20)33-5/h7-12,14-15,18,28H,2,6,13,16H2,1,3-5H3/b24-21-,27-12?/t18-/m1/s1. The van der Waals surface area contributed by atoms with Crippen molar-refractivity contribution >= 4 is 54.1 Å². The Kier molecular flexibility index (Phi) is 10.8. The van der Waals surface area contributed by atoms with E-state index in [-0.39, 0.29) is 12.7 Å². The van der Waals surface area contributed by atoms with E-state index in [9.17, 15) is 9.59 Å². The average molecular weight is 504 g/mol. The number of nitrogens with one attached hydrogen (secondary N) is 1. The molecule has 0 spiro atoms. The number of rotatable bonds is 14. The number of thiophene rings is 1. The van der Waals surface area contributed by atoms with Crippen molar-refractivity contribution in [2.24, 2.45) is 9.98 Å². The molecule has 0 fully saturated rings. The van der Waals surface area contributed by atoms with Gasteiger partial charge in [0.1, 0.15) is 25.0 Å². The summed E-state index contributed by atoms with van der Waals surface area (Å²) < 4.78 is 6.02. The van der Waals surface area contributed by atoms with Crippen LogP contribution in [-0.4, -0.2) is 69.2 Å². The lowest BCUT2D eigenvalue weighted by atomic mass is 10.2. The van der Waals surface area contributed by atoms with Gasteiger partial charge in [-0.05, 0) is 43.5 Å². The van der Waals surface area contributed by atoms with Crippen LogP contribution in [-0.2, 0) is 11.3 Å². The van der Waals surface area contributed by atoms with Crippen molar-refractivity contribution in [2.75, 3.05) is 33.2 Å². The molecule has 10 heteroatoms. The molecule has 1 N–H and O–H groups in total. The Bertz CT molecular complexity index is 1050. The molecule has 0 saturated carbocycles. The van der Waals surface area contributed by atoms with Gasteiger partial charge in [-0.25, -0.2) is 4.99 Å². The molecule has 0 bridgehead atoms. The molecule has 0 aliphatic heterocycles. The molecule has 1 atom stereocenters. The molecular weight excluding hydrogens is 474 g/mol. The SMILES string of the molecule is C=N/C(=C(\C=NCNc1ccc(C=O)cc1OC)N(C)C)N(Cc1ccc(Cl)s1)[C@@H](C=O)CC. The Morgan fingerprint density at radius 1 is 1.29 bits per heavy atom. The van der Waals surface area contributed by atoms with Crippen LogP contribution in [0, 0.1) is 0 Å². The second-order valence-electron chi connectivity index (χ2n) is 7.43. The Morgan fingerprint density at radius 2 is 2.06 bits per heavy atom. The van der Waals surface area contributed by atoms with Crippen LogP contribution in [0.5, 0.6) is 5.75 Å². The smallest absolute Gasteiger partial charge is 0.154 e. The predicted molar refractivity (Wildman–Crippen MR) is 141 cm³/mol. The quantitative estimate of drug-likeness (QED) is 0.300. The lowest BCUT2D eigenvalue weighted by Gasteiger charge is -2.31. The maximum Gasteiger partial charge on any atom is 0.154 e. The second-order valence-corrected chi connectivity index (χ2v) is 9.23. The molecule has 0 aliphatic carbocycles. The summed E-state index contributed by atoms with van der Waals surface area (Å²) in [5, 5.41) is 3.17. The van der Waals surface area contributed by atoms with Crippen molar-refractivity contribution in [1.82, 2.24) is 9.80 Å². The summed E-state index contributed by atoms with van der Waals surface area (Å²) in [4.78, 5) is 36.4. The third-order valence-electron chi connectivity index (χ3n) is 5.00. The fourth-order valence-electron chi connectivity index (χ4n) is 3.23. The summed E-state index contributed by atoms with van der Waals surface area (Å²) in [6, 6.07) is 8.51. The van der Waals surface area contributed by atoms with E-state index in [0.29, 0.717) is 45.8 Å². The van der Waals surface area contributed by atoms with Crippen molar-refractivity contribution in [1.29, 1.82) is 0 Å². The normalized spacial score (nSPS) is 12.6. The van der Waals surface area contributed by atoms with E-state index in [1.807, 2.05) is 43.0 Å². The number of anilines is 1. The zero-order valence-electron chi connectivity index (χ0n) is 19.8. The number of halogens is 1. The lowest BCUT2D eigenvalue weighted by molar-refractivity contribution is -0.112. The van der Waals surface area contributed by atoms with E-state index in [2.05, 4.69) is 22.0 Å². The number of nitrogens with zero attached hydrogens (tertiary/aromatic N) is 4. The number of aldehydes is 2. The lowest BCUT2D eigenvalue weighted by Crippen LogP contribution is -2.36. The maximum absolute atomic E-state index is 11.9. The number of hydrogen-bond acceptors (Lipinski definition) is 9. The van der Waals surface area contributed by atoms with Crippen LogP contribution in [0.25, 0.3) is 0 Å². The summed E-state index contributed by atoms with van der Waals surface area (Å²) in [6.07, 6.45) is 3.98. The largest absolute Gasteiger partial charge is 0.495 e. The van der Waals surface area contributed by atoms with Crippen LogP contribution in [0.1, 0.15) is 28.6 Å². The third-order valence-corrected chi connectivity index (χ3v) is 6.22. The molecule has 0 aliphatic rings. The van der Waals surface area contributed by atoms with E-state index in [1.54, 1.807) is 31.5 Å². The van der Waals surface area contributed by atoms with E-state index in [0.717, 1.165) is 17.4 Å². The number of aliphatic imine (C=N–C) groups is 2. The van der Waals surface area contributed by atoms with Gasteiger partial charge in [-0.1, -0.05) is 18.5 Å². The van der Waals surface area contributed by atoms with Crippen molar-refractivity contribution in [3.63, 3.8) is 0 Å². The number of benzene rings is 1. The van der Waals surface area contributed by atoms with Crippen molar-refractivity contribution < 1.29 is 14.3 Å². The van der Waals surface area contributed by atoms with Gasteiger partial charge in [0.25, 0.3) is 0 Å². The van der Waals surface area contributed by atoms with Gasteiger partial charge >= 0.3 is 0 Å². The molecule has 1 aromatic heterocycles. The Balaban J connectivity index is 2.32. The zero-order valence-corrected chi connectivity index (χ0v) is 21.4. The summed E-state index contributed by atoms with van der Waals surface area (Å²) in [5.41, 5.74) is 1.94. The minimum atomic E-state index is -0.386. The minimum Gasteiger partial charge on any atom is -0.495 e. The number of ether oxygens (including phenoxy) is 1. The number of methoxy groups -OCH3 is 1. The van der Waals surface area contributed by atoms with Gasteiger partial charge in [0.05, 0.1) is 41.6 Å². The van der Waals surface area contributed by atoms with Gasteiger partial charge in [0.15, 0.2) is 5.82 Å². The highest BCUT2D eigenvalue weighted by atomic mass is 35.5.